The Morgan fingerprint density at radius 2 is 2.00 bits per heavy atom. The molecule has 21 heavy (non-hydrogen) atoms. The molecule has 0 aromatic rings. The van der Waals surface area contributed by atoms with E-state index >= 15 is 0 Å². The number of likely N-dealkylation sites (tertiary alicyclic amines) is 1. The van der Waals surface area contributed by atoms with E-state index in [4.69, 9.17) is 0 Å². The SMILES string of the molecule is CC(C)N1CCC(NC(=O)CCC2CCNCC2)C1=O.Cl. The van der Waals surface area contributed by atoms with Crippen molar-refractivity contribution < 1.29 is 9.59 Å². The standard InChI is InChI=1S/C15H27N3O2.ClH/c1-11(2)18-10-7-13(15(18)20)17-14(19)4-3-12-5-8-16-9-6-12;/h11-13,16H,3-10H2,1-2H3,(H,17,19);1H. The van der Waals surface area contributed by atoms with Gasteiger partial charge in [0.2, 0.25) is 11.8 Å². The molecule has 2 amide bonds. The molecule has 2 saturated heterocycles. The number of nitrogens with zero attached hydrogens (tertiary/aromatic N) is 1. The van der Waals surface area contributed by atoms with Crippen LogP contribution in [0.4, 0.5) is 0 Å². The van der Waals surface area contributed by atoms with Crippen molar-refractivity contribution in [3.05, 3.63) is 0 Å². The molecule has 1 atom stereocenters. The molecule has 122 valence electrons. The molecule has 0 spiro atoms. The molecule has 0 aliphatic carbocycles. The Kier molecular flexibility index (Phi) is 7.46. The zero-order valence-electron chi connectivity index (χ0n) is 13.1. The van der Waals surface area contributed by atoms with E-state index < -0.39 is 0 Å². The van der Waals surface area contributed by atoms with Crippen molar-refractivity contribution in [2.75, 3.05) is 19.6 Å². The fourth-order valence-corrected chi connectivity index (χ4v) is 3.12. The average Bonchev–Trinajstić information content (AvgIpc) is 2.79. The number of carbonyl (C=O) groups is 2. The Morgan fingerprint density at radius 3 is 2.57 bits per heavy atom. The molecular weight excluding hydrogens is 290 g/mol. The highest BCUT2D eigenvalue weighted by atomic mass is 35.5. The third kappa shape index (κ3) is 5.15. The van der Waals surface area contributed by atoms with Gasteiger partial charge in [-0.1, -0.05) is 0 Å². The maximum atomic E-state index is 12.1. The highest BCUT2D eigenvalue weighted by Gasteiger charge is 2.33. The fraction of sp³-hybridized carbons (Fsp3) is 0.867. The highest BCUT2D eigenvalue weighted by Crippen LogP contribution is 2.18. The summed E-state index contributed by atoms with van der Waals surface area (Å²) in [5.41, 5.74) is 0. The number of halogens is 1. The Bertz CT molecular complexity index is 357. The third-order valence-electron chi connectivity index (χ3n) is 4.44. The van der Waals surface area contributed by atoms with E-state index in [-0.39, 0.29) is 36.3 Å². The van der Waals surface area contributed by atoms with Gasteiger partial charge in [0.25, 0.3) is 0 Å². The lowest BCUT2D eigenvalue weighted by molar-refractivity contribution is -0.133. The first-order valence-electron chi connectivity index (χ1n) is 7.88. The van der Waals surface area contributed by atoms with Crippen LogP contribution in [-0.4, -0.2) is 48.4 Å². The van der Waals surface area contributed by atoms with Crippen LogP contribution >= 0.6 is 12.4 Å². The van der Waals surface area contributed by atoms with Crippen molar-refractivity contribution in [2.24, 2.45) is 5.92 Å². The van der Waals surface area contributed by atoms with Crippen LogP contribution in [-0.2, 0) is 9.59 Å². The van der Waals surface area contributed by atoms with E-state index in [0.29, 0.717) is 12.3 Å². The molecule has 0 bridgehead atoms. The van der Waals surface area contributed by atoms with Gasteiger partial charge in [-0.15, -0.1) is 12.4 Å². The lowest BCUT2D eigenvalue weighted by Crippen LogP contribution is -2.43. The maximum Gasteiger partial charge on any atom is 0.245 e. The van der Waals surface area contributed by atoms with Crippen LogP contribution in [0.2, 0.25) is 0 Å². The first kappa shape index (κ1) is 18.2. The predicted octanol–water partition coefficient (Wildman–Crippen LogP) is 1.31. The number of hydrogen-bond acceptors (Lipinski definition) is 3. The van der Waals surface area contributed by atoms with Crippen molar-refractivity contribution in [1.29, 1.82) is 0 Å². The van der Waals surface area contributed by atoms with Crippen LogP contribution < -0.4 is 10.6 Å². The minimum atomic E-state index is -0.294. The minimum Gasteiger partial charge on any atom is -0.344 e. The summed E-state index contributed by atoms with van der Waals surface area (Å²) in [6, 6.07) is -0.0722. The van der Waals surface area contributed by atoms with Crippen LogP contribution in [0.3, 0.4) is 0 Å². The molecule has 2 N–H and O–H groups in total. The molecule has 2 rings (SSSR count). The quantitative estimate of drug-likeness (QED) is 0.804. The van der Waals surface area contributed by atoms with Gasteiger partial charge in [0.1, 0.15) is 6.04 Å². The predicted molar refractivity (Wildman–Crippen MR) is 85.5 cm³/mol. The molecular formula is C15H28ClN3O2. The van der Waals surface area contributed by atoms with Crippen molar-refractivity contribution in [2.45, 2.75) is 58.0 Å². The minimum absolute atomic E-state index is 0. The molecule has 5 nitrogen and oxygen atoms in total. The first-order chi connectivity index (χ1) is 9.58. The highest BCUT2D eigenvalue weighted by molar-refractivity contribution is 5.89. The van der Waals surface area contributed by atoms with Gasteiger partial charge >= 0.3 is 0 Å². The van der Waals surface area contributed by atoms with Gasteiger partial charge < -0.3 is 15.5 Å². The smallest absolute Gasteiger partial charge is 0.245 e. The second-order valence-electron chi connectivity index (χ2n) is 6.27. The Labute approximate surface area is 133 Å². The third-order valence-corrected chi connectivity index (χ3v) is 4.44. The molecule has 2 fully saturated rings. The summed E-state index contributed by atoms with van der Waals surface area (Å²) in [6.07, 6.45) is 4.57. The molecule has 0 aromatic carbocycles. The Hall–Kier alpha value is -0.810. The van der Waals surface area contributed by atoms with E-state index in [2.05, 4.69) is 10.6 Å². The molecule has 2 aliphatic rings. The normalized spacial score (nSPS) is 23.3. The second-order valence-corrected chi connectivity index (χ2v) is 6.27. The van der Waals surface area contributed by atoms with Crippen LogP contribution in [0.25, 0.3) is 0 Å². The lowest BCUT2D eigenvalue weighted by Gasteiger charge is -2.23. The summed E-state index contributed by atoms with van der Waals surface area (Å²) in [4.78, 5) is 25.9. The van der Waals surface area contributed by atoms with E-state index in [1.807, 2.05) is 18.7 Å². The Balaban J connectivity index is 0.00000220. The topological polar surface area (TPSA) is 61.4 Å². The number of hydrogen-bond donors (Lipinski definition) is 2. The van der Waals surface area contributed by atoms with Gasteiger partial charge in [0, 0.05) is 19.0 Å². The van der Waals surface area contributed by atoms with E-state index in [9.17, 15) is 9.59 Å². The van der Waals surface area contributed by atoms with Gasteiger partial charge in [0.15, 0.2) is 0 Å². The zero-order valence-corrected chi connectivity index (χ0v) is 13.9. The van der Waals surface area contributed by atoms with Crippen molar-refractivity contribution in [3.63, 3.8) is 0 Å². The number of rotatable bonds is 5. The van der Waals surface area contributed by atoms with Crippen LogP contribution in [0.1, 0.15) is 46.0 Å². The van der Waals surface area contributed by atoms with Gasteiger partial charge in [-0.05, 0) is 58.5 Å². The molecule has 0 radical (unpaired) electrons. The van der Waals surface area contributed by atoms with Crippen molar-refractivity contribution >= 4 is 24.2 Å². The summed E-state index contributed by atoms with van der Waals surface area (Å²) in [7, 11) is 0. The van der Waals surface area contributed by atoms with E-state index in [0.717, 1.165) is 45.3 Å². The second kappa shape index (κ2) is 8.59. The number of carbonyl (C=O) groups excluding carboxylic acids is 2. The monoisotopic (exact) mass is 317 g/mol. The largest absolute Gasteiger partial charge is 0.344 e. The van der Waals surface area contributed by atoms with Crippen molar-refractivity contribution in [1.82, 2.24) is 15.5 Å². The molecule has 0 aromatic heterocycles. The summed E-state index contributed by atoms with van der Waals surface area (Å²) in [5.74, 6) is 0.774. The van der Waals surface area contributed by atoms with Crippen LogP contribution in [0, 0.1) is 5.92 Å². The van der Waals surface area contributed by atoms with Gasteiger partial charge in [0.05, 0.1) is 0 Å². The van der Waals surface area contributed by atoms with E-state index in [1.165, 1.54) is 0 Å². The van der Waals surface area contributed by atoms with Gasteiger partial charge in [-0.25, -0.2) is 0 Å². The molecule has 0 saturated carbocycles. The number of amides is 2. The van der Waals surface area contributed by atoms with Crippen LogP contribution in [0.5, 0.6) is 0 Å². The van der Waals surface area contributed by atoms with Gasteiger partial charge in [-0.3, -0.25) is 9.59 Å². The summed E-state index contributed by atoms with van der Waals surface area (Å²) in [5, 5.41) is 6.24. The maximum absolute atomic E-state index is 12.1. The number of nitrogens with one attached hydrogen (secondary N) is 2. The summed E-state index contributed by atoms with van der Waals surface area (Å²) >= 11 is 0. The fourth-order valence-electron chi connectivity index (χ4n) is 3.12. The Morgan fingerprint density at radius 1 is 1.33 bits per heavy atom. The molecule has 2 aliphatic heterocycles. The van der Waals surface area contributed by atoms with Gasteiger partial charge in [-0.2, -0.15) is 0 Å². The summed E-state index contributed by atoms with van der Waals surface area (Å²) < 4.78 is 0. The molecule has 2 heterocycles. The molecule has 6 heteroatoms. The summed E-state index contributed by atoms with van der Waals surface area (Å²) in [6.45, 7) is 6.92. The van der Waals surface area contributed by atoms with Crippen LogP contribution in [0.15, 0.2) is 0 Å². The van der Waals surface area contributed by atoms with Crippen molar-refractivity contribution in [3.8, 4) is 0 Å². The first-order valence-corrected chi connectivity index (χ1v) is 7.88. The number of piperidine rings is 1. The zero-order chi connectivity index (χ0) is 14.5. The lowest BCUT2D eigenvalue weighted by atomic mass is 9.93. The molecule has 1 unspecified atom stereocenters. The van der Waals surface area contributed by atoms with E-state index in [1.54, 1.807) is 0 Å². The average molecular weight is 318 g/mol.